The summed E-state index contributed by atoms with van der Waals surface area (Å²) in [4.78, 5) is 0. The quantitative estimate of drug-likeness (QED) is 0.572. The van der Waals surface area contributed by atoms with Crippen LogP contribution in [0.4, 0.5) is 0 Å². The van der Waals surface area contributed by atoms with Crippen LogP contribution in [0.15, 0.2) is 12.1 Å². The molecule has 4 heteroatoms. The van der Waals surface area contributed by atoms with Crippen molar-refractivity contribution in [3.63, 3.8) is 0 Å². The number of benzene rings is 1. The Morgan fingerprint density at radius 3 is 2.82 bits per heavy atom. The van der Waals surface area contributed by atoms with Crippen molar-refractivity contribution in [2.75, 3.05) is 0 Å². The number of phenols is 1. The van der Waals surface area contributed by atoms with Gasteiger partial charge in [0.05, 0.1) is 0 Å². The molecule has 0 heterocycles. The first-order valence-corrected chi connectivity index (χ1v) is 18.1. The Morgan fingerprint density at radius 2 is 2.05 bits per heavy atom. The Morgan fingerprint density at radius 1 is 1.23 bits per heavy atom. The summed E-state index contributed by atoms with van der Waals surface area (Å²) in [5.41, 5.74) is 2.97. The molecule has 1 aromatic carbocycles. The normalized spacial score (nSPS) is 39.6. The topological polar surface area (TPSA) is 40.5 Å². The van der Waals surface area contributed by atoms with Crippen LogP contribution in [-0.2, 0) is 29.8 Å². The number of aliphatic hydroxyl groups excluding tert-OH is 1. The summed E-state index contributed by atoms with van der Waals surface area (Å²) in [5, 5.41) is 20.6. The van der Waals surface area contributed by atoms with Gasteiger partial charge in [0.1, 0.15) is 0 Å². The number of aromatic hydroxyl groups is 1. The molecule has 3 aliphatic carbocycles. The molecule has 5 atom stereocenters. The van der Waals surface area contributed by atoms with Crippen LogP contribution in [0.3, 0.4) is 0 Å². The Hall–Kier alpha value is 0.205. The minimum atomic E-state index is -1.60. The maximum atomic E-state index is 10.4. The average molecular weight is 507 g/mol. The predicted molar refractivity (Wildman–Crippen MR) is 84.2 cm³/mol. The molecular formula is C18H23ClHgO2. The van der Waals surface area contributed by atoms with Crippen LogP contribution in [0, 0.1) is 17.3 Å². The van der Waals surface area contributed by atoms with E-state index in [2.05, 4.69) is 13.0 Å². The van der Waals surface area contributed by atoms with Gasteiger partial charge in [-0.2, -0.15) is 0 Å². The van der Waals surface area contributed by atoms with Gasteiger partial charge in [0.2, 0.25) is 0 Å². The predicted octanol–water partition coefficient (Wildman–Crippen LogP) is 3.47. The molecule has 1 aromatic rings. The fourth-order valence-electron chi connectivity index (χ4n) is 5.73. The molecule has 116 valence electrons. The summed E-state index contributed by atoms with van der Waals surface area (Å²) < 4.78 is 1.08. The summed E-state index contributed by atoms with van der Waals surface area (Å²) in [6.45, 7) is 2.32. The zero-order valence-corrected chi connectivity index (χ0v) is 19.4. The van der Waals surface area contributed by atoms with Crippen molar-refractivity contribution in [3.8, 4) is 5.75 Å². The Labute approximate surface area is 148 Å². The van der Waals surface area contributed by atoms with Crippen molar-refractivity contribution < 1.29 is 33.6 Å². The van der Waals surface area contributed by atoms with Crippen molar-refractivity contribution in [3.05, 3.63) is 23.3 Å². The third-order valence-electron chi connectivity index (χ3n) is 7.02. The molecule has 0 aliphatic heterocycles. The van der Waals surface area contributed by atoms with Crippen LogP contribution in [0.1, 0.15) is 56.1 Å². The molecule has 4 rings (SSSR count). The SMILES string of the molecule is C[C@]12CC[C@@H]3c4c[c]([Hg][Cl])c(O)cc4CC[C@H]3[C@@H]1CC[C@@H]2O. The van der Waals surface area contributed by atoms with Crippen molar-refractivity contribution >= 4 is 11.3 Å². The Bertz CT molecular complexity index is 605. The Kier molecular flexibility index (Phi) is 4.02. The number of aliphatic hydroxyl groups is 1. The number of rotatable bonds is 1. The van der Waals surface area contributed by atoms with Crippen molar-refractivity contribution in [1.82, 2.24) is 0 Å². The molecule has 2 saturated carbocycles. The first-order valence-electron chi connectivity index (χ1n) is 8.63. The van der Waals surface area contributed by atoms with Gasteiger partial charge in [-0.1, -0.05) is 0 Å². The van der Waals surface area contributed by atoms with Gasteiger partial charge in [-0.15, -0.1) is 0 Å². The van der Waals surface area contributed by atoms with Crippen LogP contribution >= 0.6 is 8.25 Å². The second-order valence-corrected chi connectivity index (χ2v) is 14.2. The van der Waals surface area contributed by atoms with Crippen LogP contribution in [0.5, 0.6) is 5.75 Å². The number of aryl methyl sites for hydroxylation is 1. The summed E-state index contributed by atoms with van der Waals surface area (Å²) in [5.74, 6) is 2.47. The van der Waals surface area contributed by atoms with Gasteiger partial charge in [-0.05, 0) is 0 Å². The van der Waals surface area contributed by atoms with Gasteiger partial charge in [-0.25, -0.2) is 0 Å². The minimum absolute atomic E-state index is 0.102. The molecule has 0 spiro atoms. The first-order chi connectivity index (χ1) is 10.5. The number of phenolic OH excluding ortho intramolecular Hbond substituents is 1. The van der Waals surface area contributed by atoms with Crippen LogP contribution in [-0.4, -0.2) is 16.3 Å². The van der Waals surface area contributed by atoms with Gasteiger partial charge >= 0.3 is 149 Å². The second-order valence-electron chi connectivity index (χ2n) is 7.87. The average Bonchev–Trinajstić information content (AvgIpc) is 2.82. The van der Waals surface area contributed by atoms with Crippen molar-refractivity contribution in [2.24, 2.45) is 17.3 Å². The molecule has 0 bridgehead atoms. The summed E-state index contributed by atoms with van der Waals surface area (Å²) in [6.07, 6.45) is 6.69. The standard InChI is InChI=1S/C18H23O2.ClH.Hg/c1-18-9-8-14-13-5-3-12(19)10-11(13)2-4-15(14)16(18)6-7-17(18)20;;/h5,10,14-17,19-20H,2,4,6-9H2,1H3;1H;/q;;+1/p-1/t14-,15-,16+,17+,18+;;/m1../s1. The van der Waals surface area contributed by atoms with E-state index in [9.17, 15) is 10.2 Å². The monoisotopic (exact) mass is 508 g/mol. The molecule has 0 amide bonds. The second kappa shape index (κ2) is 5.63. The van der Waals surface area contributed by atoms with E-state index < -0.39 is 23.3 Å². The number of hydrogen-bond acceptors (Lipinski definition) is 2. The van der Waals surface area contributed by atoms with E-state index in [1.54, 1.807) is 0 Å². The third kappa shape index (κ3) is 2.20. The number of halogens is 1. The molecule has 3 aliphatic rings. The van der Waals surface area contributed by atoms with Gasteiger partial charge in [0, 0.05) is 0 Å². The fourth-order valence-corrected chi connectivity index (χ4v) is 9.70. The number of fused-ring (bicyclic) bond motifs is 5. The number of hydrogen-bond donors (Lipinski definition) is 2. The summed E-state index contributed by atoms with van der Waals surface area (Å²) in [7, 11) is 6.21. The molecular weight excluding hydrogens is 484 g/mol. The maximum absolute atomic E-state index is 10.4. The van der Waals surface area contributed by atoms with Gasteiger partial charge < -0.3 is 0 Å². The van der Waals surface area contributed by atoms with Crippen LogP contribution in [0.2, 0.25) is 0 Å². The molecule has 0 unspecified atom stereocenters. The first kappa shape index (κ1) is 15.7. The molecule has 2 N–H and O–H groups in total. The van der Waals surface area contributed by atoms with Gasteiger partial charge in [-0.3, -0.25) is 0 Å². The van der Waals surface area contributed by atoms with Crippen LogP contribution in [0.25, 0.3) is 0 Å². The fraction of sp³-hybridized carbons (Fsp3) is 0.667. The molecule has 0 radical (unpaired) electrons. The molecule has 2 fully saturated rings. The van der Waals surface area contributed by atoms with E-state index in [1.807, 2.05) is 6.07 Å². The Balaban J connectivity index is 1.72. The van der Waals surface area contributed by atoms with E-state index >= 15 is 0 Å². The van der Waals surface area contributed by atoms with Crippen molar-refractivity contribution in [1.29, 1.82) is 0 Å². The molecule has 22 heavy (non-hydrogen) atoms. The van der Waals surface area contributed by atoms with E-state index in [4.69, 9.17) is 8.25 Å². The zero-order valence-electron chi connectivity index (χ0n) is 13.2. The summed E-state index contributed by atoms with van der Waals surface area (Å²) in [6, 6.07) is 4.25. The van der Waals surface area contributed by atoms with Crippen LogP contribution < -0.4 is 3.07 Å². The molecule has 0 aromatic heterocycles. The van der Waals surface area contributed by atoms with E-state index in [1.165, 1.54) is 30.4 Å². The van der Waals surface area contributed by atoms with Crippen molar-refractivity contribution in [2.45, 2.75) is 57.5 Å². The third-order valence-corrected chi connectivity index (χ3v) is 12.9. The molecule has 2 nitrogen and oxygen atoms in total. The van der Waals surface area contributed by atoms with E-state index in [0.717, 1.165) is 22.3 Å². The molecule has 0 saturated heterocycles. The van der Waals surface area contributed by atoms with Gasteiger partial charge in [0.15, 0.2) is 0 Å². The van der Waals surface area contributed by atoms with Gasteiger partial charge in [0.25, 0.3) is 0 Å². The van der Waals surface area contributed by atoms with E-state index in [-0.39, 0.29) is 11.5 Å². The van der Waals surface area contributed by atoms with E-state index in [0.29, 0.717) is 23.5 Å². The zero-order chi connectivity index (χ0) is 15.5. The summed E-state index contributed by atoms with van der Waals surface area (Å²) >= 11 is -1.60.